The van der Waals surface area contributed by atoms with Gasteiger partial charge in [0, 0.05) is 16.3 Å². The van der Waals surface area contributed by atoms with Gasteiger partial charge in [0.25, 0.3) is 0 Å². The van der Waals surface area contributed by atoms with Crippen molar-refractivity contribution >= 4 is 22.4 Å². The van der Waals surface area contributed by atoms with Crippen LogP contribution in [0.4, 0.5) is 5.13 Å². The van der Waals surface area contributed by atoms with Gasteiger partial charge in [-0.3, -0.25) is 9.36 Å². The molecular formula is C19H26N4O2S. The van der Waals surface area contributed by atoms with Crippen molar-refractivity contribution in [2.75, 3.05) is 5.32 Å². The molecule has 1 N–H and O–H groups in total. The normalized spacial score (nSPS) is 17.0. The summed E-state index contributed by atoms with van der Waals surface area (Å²) in [7, 11) is 0. The van der Waals surface area contributed by atoms with Crippen LogP contribution in [0.25, 0.3) is 0 Å². The molecule has 2 heterocycles. The number of carbonyl (C=O) groups is 1. The molecule has 7 heteroatoms. The largest absolute Gasteiger partial charge is 0.348 e. The molecule has 6 nitrogen and oxygen atoms in total. The number of thiazole rings is 1. The van der Waals surface area contributed by atoms with Gasteiger partial charge in [0.2, 0.25) is 5.91 Å². The summed E-state index contributed by atoms with van der Waals surface area (Å²) in [6.45, 7) is 10.4. The Kier molecular flexibility index (Phi) is 5.01. The van der Waals surface area contributed by atoms with Gasteiger partial charge in [0.1, 0.15) is 6.54 Å². The third-order valence-corrected chi connectivity index (χ3v) is 6.09. The van der Waals surface area contributed by atoms with E-state index in [0.717, 1.165) is 30.7 Å². The molecule has 1 aliphatic rings. The summed E-state index contributed by atoms with van der Waals surface area (Å²) in [6, 6.07) is 1.80. The number of fused-ring (bicyclic) bond motifs is 1. The van der Waals surface area contributed by atoms with Gasteiger partial charge >= 0.3 is 5.69 Å². The number of hydrogen-bond acceptors (Lipinski definition) is 5. The topological polar surface area (TPSA) is 76.9 Å². The van der Waals surface area contributed by atoms with Gasteiger partial charge in [-0.25, -0.2) is 9.78 Å². The summed E-state index contributed by atoms with van der Waals surface area (Å²) in [5.74, 6) is 0.387. The zero-order valence-corrected chi connectivity index (χ0v) is 16.9. The molecule has 1 amide bonds. The second-order valence-corrected chi connectivity index (χ2v) is 9.23. The Bertz CT molecular complexity index is 892. The third-order valence-electron chi connectivity index (χ3n) is 5.06. The van der Waals surface area contributed by atoms with Crippen molar-refractivity contribution in [1.82, 2.24) is 14.5 Å². The highest BCUT2D eigenvalue weighted by atomic mass is 32.1. The second kappa shape index (κ2) is 6.95. The minimum Gasteiger partial charge on any atom is -0.300 e. The van der Waals surface area contributed by atoms with Gasteiger partial charge in [-0.2, -0.15) is 4.98 Å². The Morgan fingerprint density at radius 1 is 1.35 bits per heavy atom. The number of nitrogens with zero attached hydrogens (tertiary/aromatic N) is 3. The van der Waals surface area contributed by atoms with E-state index in [1.807, 2.05) is 0 Å². The Hall–Kier alpha value is -2.02. The number of rotatable bonds is 3. The summed E-state index contributed by atoms with van der Waals surface area (Å²) >= 11 is 1.56. The van der Waals surface area contributed by atoms with E-state index in [-0.39, 0.29) is 17.9 Å². The minimum absolute atomic E-state index is 0.0488. The molecule has 26 heavy (non-hydrogen) atoms. The Morgan fingerprint density at radius 2 is 2.08 bits per heavy atom. The summed E-state index contributed by atoms with van der Waals surface area (Å²) < 4.78 is 1.38. The highest BCUT2D eigenvalue weighted by Gasteiger charge is 2.30. The number of carbonyl (C=O) groups excluding carboxylic acids is 1. The Morgan fingerprint density at radius 3 is 2.73 bits per heavy atom. The van der Waals surface area contributed by atoms with E-state index in [0.29, 0.717) is 16.7 Å². The van der Waals surface area contributed by atoms with E-state index >= 15 is 0 Å². The molecule has 140 valence electrons. The maximum absolute atomic E-state index is 12.4. The molecule has 0 spiro atoms. The monoisotopic (exact) mass is 374 g/mol. The van der Waals surface area contributed by atoms with E-state index in [2.05, 4.69) is 36.1 Å². The highest BCUT2D eigenvalue weighted by molar-refractivity contribution is 7.15. The van der Waals surface area contributed by atoms with Crippen molar-refractivity contribution in [2.24, 2.45) is 11.3 Å². The van der Waals surface area contributed by atoms with Crippen molar-refractivity contribution in [3.05, 3.63) is 38.5 Å². The number of anilines is 1. The summed E-state index contributed by atoms with van der Waals surface area (Å²) in [5, 5.41) is 3.48. The number of nitrogens with one attached hydrogen (secondary N) is 1. The molecule has 2 aromatic heterocycles. The van der Waals surface area contributed by atoms with Gasteiger partial charge < -0.3 is 5.32 Å². The average Bonchev–Trinajstić information content (AvgIpc) is 2.91. The lowest BCUT2D eigenvalue weighted by atomic mass is 9.73. The predicted molar refractivity (Wildman–Crippen MR) is 104 cm³/mol. The standard InChI is InChI=1S/C19H26N4O2S/c1-11-8-12(2)23(18(25)20-11)10-16(24)22-17-21-14-7-6-13(19(3,4)5)9-15(14)26-17/h8,13H,6-7,9-10H2,1-5H3,(H,21,22,24). The van der Waals surface area contributed by atoms with Gasteiger partial charge in [-0.1, -0.05) is 20.8 Å². The number of aromatic nitrogens is 3. The molecule has 0 aromatic carbocycles. The Balaban J connectivity index is 1.70. The van der Waals surface area contributed by atoms with Crippen molar-refractivity contribution in [3.8, 4) is 0 Å². The smallest absolute Gasteiger partial charge is 0.300 e. The molecule has 0 saturated heterocycles. The van der Waals surface area contributed by atoms with Crippen LogP contribution in [0.3, 0.4) is 0 Å². The van der Waals surface area contributed by atoms with Crippen LogP contribution in [-0.4, -0.2) is 20.4 Å². The zero-order valence-electron chi connectivity index (χ0n) is 16.0. The van der Waals surface area contributed by atoms with Crippen LogP contribution in [0.2, 0.25) is 0 Å². The van der Waals surface area contributed by atoms with Gasteiger partial charge in [0.15, 0.2) is 5.13 Å². The third kappa shape index (κ3) is 4.03. The van der Waals surface area contributed by atoms with Crippen molar-refractivity contribution in [1.29, 1.82) is 0 Å². The van der Waals surface area contributed by atoms with Crippen LogP contribution in [0.15, 0.2) is 10.9 Å². The fourth-order valence-corrected chi connectivity index (χ4v) is 4.54. The first kappa shape index (κ1) is 18.8. The lowest BCUT2D eigenvalue weighted by Crippen LogP contribution is -2.31. The molecule has 1 aliphatic carbocycles. The van der Waals surface area contributed by atoms with Crippen LogP contribution >= 0.6 is 11.3 Å². The highest BCUT2D eigenvalue weighted by Crippen LogP contribution is 2.40. The summed E-state index contributed by atoms with van der Waals surface area (Å²) in [4.78, 5) is 34.1. The van der Waals surface area contributed by atoms with Crippen LogP contribution in [0, 0.1) is 25.2 Å². The first-order valence-electron chi connectivity index (χ1n) is 8.97. The quantitative estimate of drug-likeness (QED) is 0.895. The summed E-state index contributed by atoms with van der Waals surface area (Å²) in [6.07, 6.45) is 3.12. The number of hydrogen-bond donors (Lipinski definition) is 1. The van der Waals surface area contributed by atoms with Crippen LogP contribution in [0.1, 0.15) is 49.2 Å². The molecule has 0 saturated carbocycles. The second-order valence-electron chi connectivity index (χ2n) is 8.15. The fourth-order valence-electron chi connectivity index (χ4n) is 3.44. The molecule has 1 atom stereocenters. The van der Waals surface area contributed by atoms with Crippen LogP contribution in [-0.2, 0) is 24.2 Å². The fraction of sp³-hybridized carbons (Fsp3) is 0.579. The van der Waals surface area contributed by atoms with Gasteiger partial charge in [0.05, 0.1) is 5.69 Å². The lowest BCUT2D eigenvalue weighted by molar-refractivity contribution is -0.116. The van der Waals surface area contributed by atoms with Crippen LogP contribution < -0.4 is 11.0 Å². The zero-order chi connectivity index (χ0) is 19.1. The number of aryl methyl sites for hydroxylation is 3. The molecule has 3 rings (SSSR count). The van der Waals surface area contributed by atoms with E-state index in [1.165, 1.54) is 9.44 Å². The van der Waals surface area contributed by atoms with Crippen molar-refractivity contribution < 1.29 is 4.79 Å². The molecule has 1 unspecified atom stereocenters. The van der Waals surface area contributed by atoms with Gasteiger partial charge in [-0.15, -0.1) is 11.3 Å². The molecule has 0 fully saturated rings. The maximum Gasteiger partial charge on any atom is 0.348 e. The first-order valence-corrected chi connectivity index (χ1v) is 9.78. The van der Waals surface area contributed by atoms with E-state index < -0.39 is 5.69 Å². The summed E-state index contributed by atoms with van der Waals surface area (Å²) in [5.41, 5.74) is 2.37. The van der Waals surface area contributed by atoms with E-state index in [4.69, 9.17) is 0 Å². The van der Waals surface area contributed by atoms with Crippen molar-refractivity contribution in [2.45, 2.75) is 60.4 Å². The first-order chi connectivity index (χ1) is 12.1. The molecule has 0 aliphatic heterocycles. The molecule has 2 aromatic rings. The average molecular weight is 375 g/mol. The van der Waals surface area contributed by atoms with Crippen LogP contribution in [0.5, 0.6) is 0 Å². The van der Waals surface area contributed by atoms with Crippen molar-refractivity contribution in [3.63, 3.8) is 0 Å². The molecule has 0 bridgehead atoms. The number of amides is 1. The maximum atomic E-state index is 12.4. The van der Waals surface area contributed by atoms with E-state index in [1.54, 1.807) is 31.3 Å². The van der Waals surface area contributed by atoms with Gasteiger partial charge in [-0.05, 0) is 50.5 Å². The minimum atomic E-state index is -0.399. The molecular weight excluding hydrogens is 348 g/mol. The molecule has 0 radical (unpaired) electrons. The van der Waals surface area contributed by atoms with E-state index in [9.17, 15) is 9.59 Å². The lowest BCUT2D eigenvalue weighted by Gasteiger charge is -2.33. The predicted octanol–water partition coefficient (Wildman–Crippen LogP) is 3.11. The SMILES string of the molecule is Cc1cc(C)n(CC(=O)Nc2nc3c(s2)CC(C(C)(C)C)CC3)c(=O)n1. The Labute approximate surface area is 157 Å².